The number of benzene rings is 2. The highest BCUT2D eigenvalue weighted by Gasteiger charge is 2.49. The maximum atomic E-state index is 10.0. The van der Waals surface area contributed by atoms with Crippen LogP contribution in [0.2, 0.25) is 0 Å². The highest BCUT2D eigenvalue weighted by molar-refractivity contribution is 5.51. The highest BCUT2D eigenvalue weighted by Crippen LogP contribution is 2.51. The lowest BCUT2D eigenvalue weighted by Crippen LogP contribution is -2.57. The highest BCUT2D eigenvalue weighted by atomic mass is 16.3. The van der Waals surface area contributed by atoms with E-state index < -0.39 is 0 Å². The van der Waals surface area contributed by atoms with E-state index >= 15 is 0 Å². The minimum atomic E-state index is 0.0312. The van der Waals surface area contributed by atoms with Gasteiger partial charge >= 0.3 is 0 Å². The third-order valence-electron chi connectivity index (χ3n) is 5.61. The molecule has 0 saturated carbocycles. The summed E-state index contributed by atoms with van der Waals surface area (Å²) in [6, 6.07) is 17.3. The summed E-state index contributed by atoms with van der Waals surface area (Å²) in [5.74, 6) is 0.913. The van der Waals surface area contributed by atoms with Gasteiger partial charge in [-0.15, -0.1) is 0 Å². The Morgan fingerprint density at radius 1 is 1.14 bits per heavy atom. The second-order valence-corrected chi connectivity index (χ2v) is 6.48. The topological polar surface area (TPSA) is 32.3 Å². The molecule has 108 valence electrons. The molecule has 1 aliphatic carbocycles. The van der Waals surface area contributed by atoms with Crippen molar-refractivity contribution in [3.05, 3.63) is 65.2 Å². The Hall–Kier alpha value is -1.80. The van der Waals surface area contributed by atoms with Crippen molar-refractivity contribution >= 4 is 0 Å². The number of phenols is 1. The molecule has 2 aromatic rings. The first-order valence-corrected chi connectivity index (χ1v) is 7.83. The second kappa shape index (κ2) is 4.60. The molecule has 2 nitrogen and oxygen atoms in total. The van der Waals surface area contributed by atoms with E-state index in [1.165, 1.54) is 16.7 Å². The first kappa shape index (κ1) is 12.9. The van der Waals surface area contributed by atoms with Crippen LogP contribution >= 0.6 is 0 Å². The minimum Gasteiger partial charge on any atom is -0.508 e. The summed E-state index contributed by atoms with van der Waals surface area (Å²) in [5.41, 5.74) is 4.13. The van der Waals surface area contributed by atoms with Crippen LogP contribution in [0.15, 0.2) is 48.5 Å². The SMILES string of the molecule is CC1C2Cc3ccc(O)cc3C1(c1ccccc1)CCN2. The van der Waals surface area contributed by atoms with E-state index in [1.54, 1.807) is 0 Å². The van der Waals surface area contributed by atoms with Gasteiger partial charge in [0.15, 0.2) is 0 Å². The maximum absolute atomic E-state index is 10.0. The van der Waals surface area contributed by atoms with Gasteiger partial charge in [-0.2, -0.15) is 0 Å². The third-order valence-corrected chi connectivity index (χ3v) is 5.61. The molecule has 0 spiro atoms. The van der Waals surface area contributed by atoms with Gasteiger partial charge in [0.1, 0.15) is 5.75 Å². The van der Waals surface area contributed by atoms with Gasteiger partial charge in [-0.1, -0.05) is 43.3 Å². The Bertz CT molecular complexity index is 667. The molecule has 2 aliphatic rings. The summed E-state index contributed by atoms with van der Waals surface area (Å²) < 4.78 is 0. The average molecular weight is 279 g/mol. The van der Waals surface area contributed by atoms with Gasteiger partial charge in [-0.05, 0) is 54.1 Å². The van der Waals surface area contributed by atoms with E-state index in [9.17, 15) is 5.11 Å². The first-order valence-electron chi connectivity index (χ1n) is 7.83. The lowest BCUT2D eigenvalue weighted by atomic mass is 9.55. The van der Waals surface area contributed by atoms with Crippen LogP contribution in [0.4, 0.5) is 0 Å². The predicted octanol–water partition coefficient (Wildman–Crippen LogP) is 3.23. The normalized spacial score (nSPS) is 30.7. The Morgan fingerprint density at radius 3 is 2.76 bits per heavy atom. The summed E-state index contributed by atoms with van der Waals surface area (Å²) in [5, 5.41) is 13.7. The van der Waals surface area contributed by atoms with Crippen LogP contribution in [0.3, 0.4) is 0 Å². The number of piperidine rings is 1. The lowest BCUT2D eigenvalue weighted by molar-refractivity contribution is 0.175. The Kier molecular flexibility index (Phi) is 2.83. The van der Waals surface area contributed by atoms with Gasteiger partial charge in [-0.3, -0.25) is 0 Å². The zero-order chi connectivity index (χ0) is 14.4. The molecule has 0 aromatic heterocycles. The molecule has 4 rings (SSSR count). The smallest absolute Gasteiger partial charge is 0.115 e. The van der Waals surface area contributed by atoms with E-state index in [0.717, 1.165) is 19.4 Å². The standard InChI is InChI=1S/C19H21NO/c1-13-18-11-14-7-8-16(21)12-17(14)19(13,9-10-20-18)15-5-3-2-4-6-15/h2-8,12-13,18,20-21H,9-11H2,1H3. The van der Waals surface area contributed by atoms with Gasteiger partial charge in [0.2, 0.25) is 0 Å². The molecule has 1 saturated heterocycles. The molecular weight excluding hydrogens is 258 g/mol. The lowest BCUT2D eigenvalue weighted by Gasteiger charge is -2.52. The number of hydrogen-bond donors (Lipinski definition) is 2. The van der Waals surface area contributed by atoms with Crippen molar-refractivity contribution in [3.63, 3.8) is 0 Å². The molecular formula is C19H21NO. The van der Waals surface area contributed by atoms with Gasteiger partial charge in [0.25, 0.3) is 0 Å². The summed E-state index contributed by atoms with van der Waals surface area (Å²) in [6.45, 7) is 3.40. The van der Waals surface area contributed by atoms with E-state index in [0.29, 0.717) is 17.7 Å². The molecule has 3 unspecified atom stereocenters. The molecule has 2 aromatic carbocycles. The summed E-state index contributed by atoms with van der Waals surface area (Å²) in [4.78, 5) is 0. The van der Waals surface area contributed by atoms with E-state index in [4.69, 9.17) is 0 Å². The molecule has 1 heterocycles. The van der Waals surface area contributed by atoms with Crippen LogP contribution in [-0.2, 0) is 11.8 Å². The Morgan fingerprint density at radius 2 is 1.95 bits per heavy atom. The number of fused-ring (bicyclic) bond motifs is 4. The van der Waals surface area contributed by atoms with Gasteiger partial charge < -0.3 is 10.4 Å². The number of rotatable bonds is 1. The van der Waals surface area contributed by atoms with E-state index in [1.807, 2.05) is 12.1 Å². The van der Waals surface area contributed by atoms with Gasteiger partial charge in [0, 0.05) is 11.5 Å². The molecule has 2 N–H and O–H groups in total. The van der Waals surface area contributed by atoms with E-state index in [-0.39, 0.29) is 5.41 Å². The second-order valence-electron chi connectivity index (χ2n) is 6.48. The zero-order valence-corrected chi connectivity index (χ0v) is 12.3. The average Bonchev–Trinajstić information content (AvgIpc) is 2.50. The van der Waals surface area contributed by atoms with Crippen molar-refractivity contribution in [1.82, 2.24) is 5.32 Å². The third kappa shape index (κ3) is 1.75. The van der Waals surface area contributed by atoms with Crippen molar-refractivity contribution in [3.8, 4) is 5.75 Å². The number of phenolic OH excluding ortho intramolecular Hbond substituents is 1. The molecule has 3 atom stereocenters. The molecule has 1 aliphatic heterocycles. The number of aromatic hydroxyl groups is 1. The van der Waals surface area contributed by atoms with Crippen LogP contribution in [0.1, 0.15) is 30.0 Å². The maximum Gasteiger partial charge on any atom is 0.115 e. The molecule has 1 fully saturated rings. The van der Waals surface area contributed by atoms with Crippen LogP contribution in [0, 0.1) is 5.92 Å². The van der Waals surface area contributed by atoms with Crippen molar-refractivity contribution < 1.29 is 5.11 Å². The van der Waals surface area contributed by atoms with Crippen molar-refractivity contribution in [2.75, 3.05) is 6.54 Å². The predicted molar refractivity (Wildman–Crippen MR) is 84.6 cm³/mol. The Labute approximate surface area is 125 Å². The van der Waals surface area contributed by atoms with Crippen LogP contribution in [0.5, 0.6) is 5.75 Å². The summed E-state index contributed by atoms with van der Waals surface area (Å²) >= 11 is 0. The monoisotopic (exact) mass is 279 g/mol. The summed E-state index contributed by atoms with van der Waals surface area (Å²) in [6.07, 6.45) is 2.15. The van der Waals surface area contributed by atoms with Crippen molar-refractivity contribution in [2.45, 2.75) is 31.2 Å². The van der Waals surface area contributed by atoms with Crippen molar-refractivity contribution in [1.29, 1.82) is 0 Å². The molecule has 2 bridgehead atoms. The number of nitrogens with one attached hydrogen (secondary N) is 1. The van der Waals surface area contributed by atoms with Crippen molar-refractivity contribution in [2.24, 2.45) is 5.92 Å². The molecule has 0 radical (unpaired) electrons. The number of hydrogen-bond acceptors (Lipinski definition) is 2. The van der Waals surface area contributed by atoms with Gasteiger partial charge in [0.05, 0.1) is 0 Å². The van der Waals surface area contributed by atoms with Crippen LogP contribution < -0.4 is 5.32 Å². The van der Waals surface area contributed by atoms with E-state index in [2.05, 4.69) is 48.6 Å². The van der Waals surface area contributed by atoms with Crippen LogP contribution in [0.25, 0.3) is 0 Å². The minimum absolute atomic E-state index is 0.0312. The van der Waals surface area contributed by atoms with Crippen LogP contribution in [-0.4, -0.2) is 17.7 Å². The first-order chi connectivity index (χ1) is 10.2. The van der Waals surface area contributed by atoms with Gasteiger partial charge in [-0.25, -0.2) is 0 Å². The largest absolute Gasteiger partial charge is 0.508 e. The fraction of sp³-hybridized carbons (Fsp3) is 0.368. The fourth-order valence-corrected chi connectivity index (χ4v) is 4.52. The molecule has 2 heteroatoms. The zero-order valence-electron chi connectivity index (χ0n) is 12.3. The quantitative estimate of drug-likeness (QED) is 0.840. The Balaban J connectivity index is 2.00. The molecule has 0 amide bonds. The fourth-order valence-electron chi connectivity index (χ4n) is 4.52. The molecule has 21 heavy (non-hydrogen) atoms. The summed E-state index contributed by atoms with van der Waals surface area (Å²) in [7, 11) is 0.